The maximum absolute atomic E-state index is 5.72. The van der Waals surface area contributed by atoms with Crippen LogP contribution in [0.15, 0.2) is 24.4 Å². The molecule has 0 amide bonds. The number of rotatable bonds is 4. The first-order valence-corrected chi connectivity index (χ1v) is 6.31. The zero-order valence-electron chi connectivity index (χ0n) is 11.2. The number of fused-ring (bicyclic) bond motifs is 1. The highest BCUT2D eigenvalue weighted by Gasteiger charge is 2.08. The lowest BCUT2D eigenvalue weighted by atomic mass is 10.1. The number of ether oxygens (including phenoxy) is 1. The van der Waals surface area contributed by atoms with Gasteiger partial charge in [0.05, 0.1) is 12.7 Å². The van der Waals surface area contributed by atoms with E-state index in [9.17, 15) is 0 Å². The Balaban J connectivity index is 2.43. The molecule has 2 rings (SSSR count). The first-order valence-electron chi connectivity index (χ1n) is 6.31. The van der Waals surface area contributed by atoms with Crippen LogP contribution in [-0.2, 0) is 17.9 Å². The summed E-state index contributed by atoms with van der Waals surface area (Å²) >= 11 is 0. The summed E-state index contributed by atoms with van der Waals surface area (Å²) in [7, 11) is 0. The van der Waals surface area contributed by atoms with Crippen molar-refractivity contribution < 1.29 is 4.74 Å². The van der Waals surface area contributed by atoms with E-state index in [-0.39, 0.29) is 6.10 Å². The molecule has 0 radical (unpaired) electrons. The van der Waals surface area contributed by atoms with Gasteiger partial charge < -0.3 is 9.30 Å². The topological polar surface area (TPSA) is 14.2 Å². The molecule has 2 aromatic rings. The number of nitrogens with zero attached hydrogens (tertiary/aromatic N) is 1. The molecule has 0 saturated heterocycles. The minimum atomic E-state index is 0.278. The summed E-state index contributed by atoms with van der Waals surface area (Å²) in [6, 6.07) is 6.62. The van der Waals surface area contributed by atoms with Gasteiger partial charge in [0.2, 0.25) is 0 Å². The number of hydrogen-bond donors (Lipinski definition) is 0. The Labute approximate surface area is 103 Å². The van der Waals surface area contributed by atoms with Gasteiger partial charge in [-0.25, -0.2) is 0 Å². The van der Waals surface area contributed by atoms with E-state index in [1.165, 1.54) is 22.0 Å². The Morgan fingerprint density at radius 1 is 1.29 bits per heavy atom. The van der Waals surface area contributed by atoms with Gasteiger partial charge in [-0.2, -0.15) is 0 Å². The molecule has 0 aliphatic rings. The summed E-state index contributed by atoms with van der Waals surface area (Å²) in [5.41, 5.74) is 3.90. The molecule has 1 heterocycles. The number of benzene rings is 1. The van der Waals surface area contributed by atoms with Gasteiger partial charge in [0.25, 0.3) is 0 Å². The highest BCUT2D eigenvalue weighted by Crippen LogP contribution is 2.23. The lowest BCUT2D eigenvalue weighted by molar-refractivity contribution is 0.0663. The van der Waals surface area contributed by atoms with Gasteiger partial charge in [0.1, 0.15) is 0 Å². The third-order valence-electron chi connectivity index (χ3n) is 3.03. The van der Waals surface area contributed by atoms with Gasteiger partial charge in [-0.15, -0.1) is 0 Å². The maximum Gasteiger partial charge on any atom is 0.0741 e. The Morgan fingerprint density at radius 3 is 2.71 bits per heavy atom. The maximum atomic E-state index is 5.72. The van der Waals surface area contributed by atoms with Gasteiger partial charge in [-0.05, 0) is 39.8 Å². The van der Waals surface area contributed by atoms with Gasteiger partial charge in [0.15, 0.2) is 0 Å². The molecule has 1 aromatic heterocycles. The van der Waals surface area contributed by atoms with Gasteiger partial charge >= 0.3 is 0 Å². The van der Waals surface area contributed by atoms with Crippen LogP contribution in [0, 0.1) is 6.92 Å². The predicted molar refractivity (Wildman–Crippen MR) is 72.3 cm³/mol. The van der Waals surface area contributed by atoms with Crippen molar-refractivity contribution in [3.8, 4) is 0 Å². The van der Waals surface area contributed by atoms with Gasteiger partial charge in [0, 0.05) is 29.2 Å². The molecule has 0 saturated carbocycles. The largest absolute Gasteiger partial charge is 0.374 e. The standard InChI is InChI=1S/C15H21NO/c1-5-16-9-13(10-17-11(2)3)14-8-12(4)6-7-15(14)16/h6-9,11H,5,10H2,1-4H3. The van der Waals surface area contributed by atoms with Crippen molar-refractivity contribution in [3.05, 3.63) is 35.5 Å². The normalized spacial score (nSPS) is 11.6. The third-order valence-corrected chi connectivity index (χ3v) is 3.03. The minimum absolute atomic E-state index is 0.278. The molecule has 0 aliphatic heterocycles. The summed E-state index contributed by atoms with van der Waals surface area (Å²) in [6.07, 6.45) is 2.49. The van der Waals surface area contributed by atoms with Crippen LogP contribution in [0.1, 0.15) is 31.9 Å². The van der Waals surface area contributed by atoms with E-state index < -0.39 is 0 Å². The molecule has 0 fully saturated rings. The highest BCUT2D eigenvalue weighted by atomic mass is 16.5. The van der Waals surface area contributed by atoms with Crippen LogP contribution in [0.5, 0.6) is 0 Å². The molecular formula is C15H21NO. The first-order chi connectivity index (χ1) is 8.11. The molecule has 1 aromatic carbocycles. The smallest absolute Gasteiger partial charge is 0.0741 e. The Kier molecular flexibility index (Phi) is 3.53. The summed E-state index contributed by atoms with van der Waals surface area (Å²) in [4.78, 5) is 0. The Morgan fingerprint density at radius 2 is 2.06 bits per heavy atom. The number of hydrogen-bond acceptors (Lipinski definition) is 1. The minimum Gasteiger partial charge on any atom is -0.374 e. The first kappa shape index (κ1) is 12.2. The molecule has 0 unspecified atom stereocenters. The Hall–Kier alpha value is -1.28. The van der Waals surface area contributed by atoms with E-state index >= 15 is 0 Å². The zero-order valence-corrected chi connectivity index (χ0v) is 11.2. The van der Waals surface area contributed by atoms with Crippen molar-refractivity contribution in [1.29, 1.82) is 0 Å². The van der Waals surface area contributed by atoms with E-state index in [1.807, 2.05) is 0 Å². The molecule has 92 valence electrons. The molecule has 2 heteroatoms. The van der Waals surface area contributed by atoms with Gasteiger partial charge in [-0.3, -0.25) is 0 Å². The third kappa shape index (κ3) is 2.52. The fraction of sp³-hybridized carbons (Fsp3) is 0.467. The predicted octanol–water partition coefficient (Wildman–Crippen LogP) is 3.89. The van der Waals surface area contributed by atoms with Crippen LogP contribution in [-0.4, -0.2) is 10.7 Å². The van der Waals surface area contributed by atoms with Crippen molar-refractivity contribution in [2.75, 3.05) is 0 Å². The number of aromatic nitrogens is 1. The van der Waals surface area contributed by atoms with Crippen molar-refractivity contribution in [2.45, 2.75) is 47.0 Å². The van der Waals surface area contributed by atoms with E-state index in [1.54, 1.807) is 0 Å². The van der Waals surface area contributed by atoms with Crippen molar-refractivity contribution in [1.82, 2.24) is 4.57 Å². The monoisotopic (exact) mass is 231 g/mol. The second-order valence-corrected chi connectivity index (χ2v) is 4.82. The SMILES string of the molecule is CCn1cc(COC(C)C)c2cc(C)ccc21. The van der Waals surface area contributed by atoms with Crippen LogP contribution >= 0.6 is 0 Å². The molecule has 17 heavy (non-hydrogen) atoms. The quantitative estimate of drug-likeness (QED) is 0.778. The van der Waals surface area contributed by atoms with Crippen LogP contribution in [0.25, 0.3) is 10.9 Å². The summed E-state index contributed by atoms with van der Waals surface area (Å²) < 4.78 is 8.01. The van der Waals surface area contributed by atoms with Crippen molar-refractivity contribution in [2.24, 2.45) is 0 Å². The Bertz CT molecular complexity index is 511. The average Bonchev–Trinajstić information content (AvgIpc) is 2.63. The van der Waals surface area contributed by atoms with E-state index in [0.717, 1.165) is 6.54 Å². The summed E-state index contributed by atoms with van der Waals surface area (Å²) in [6.45, 7) is 10.2. The van der Waals surface area contributed by atoms with E-state index in [0.29, 0.717) is 6.61 Å². The average molecular weight is 231 g/mol. The zero-order chi connectivity index (χ0) is 12.4. The van der Waals surface area contributed by atoms with Gasteiger partial charge in [-0.1, -0.05) is 11.6 Å². The van der Waals surface area contributed by atoms with Crippen LogP contribution < -0.4 is 0 Å². The van der Waals surface area contributed by atoms with Crippen molar-refractivity contribution in [3.63, 3.8) is 0 Å². The molecule has 0 spiro atoms. The fourth-order valence-electron chi connectivity index (χ4n) is 2.12. The van der Waals surface area contributed by atoms with E-state index in [2.05, 4.69) is 56.7 Å². The van der Waals surface area contributed by atoms with Crippen LogP contribution in [0.4, 0.5) is 0 Å². The molecule has 0 bridgehead atoms. The second kappa shape index (κ2) is 4.92. The molecule has 0 atom stereocenters. The molecule has 0 aliphatic carbocycles. The van der Waals surface area contributed by atoms with Crippen molar-refractivity contribution >= 4 is 10.9 Å². The fourth-order valence-corrected chi connectivity index (χ4v) is 2.12. The number of aryl methyl sites for hydroxylation is 2. The summed E-state index contributed by atoms with van der Waals surface area (Å²) in [5, 5.41) is 1.33. The molecule has 2 nitrogen and oxygen atoms in total. The summed E-state index contributed by atoms with van der Waals surface area (Å²) in [5.74, 6) is 0. The molecule has 0 N–H and O–H groups in total. The lowest BCUT2D eigenvalue weighted by Gasteiger charge is -2.06. The highest BCUT2D eigenvalue weighted by molar-refractivity contribution is 5.84. The van der Waals surface area contributed by atoms with Crippen LogP contribution in [0.3, 0.4) is 0 Å². The molecular weight excluding hydrogens is 210 g/mol. The van der Waals surface area contributed by atoms with Crippen LogP contribution in [0.2, 0.25) is 0 Å². The second-order valence-electron chi connectivity index (χ2n) is 4.82. The lowest BCUT2D eigenvalue weighted by Crippen LogP contribution is -2.01. The van der Waals surface area contributed by atoms with E-state index in [4.69, 9.17) is 4.74 Å².